The molecule has 9 nitrogen and oxygen atoms in total. The highest BCUT2D eigenvalue weighted by Crippen LogP contribution is 2.40. The van der Waals surface area contributed by atoms with E-state index < -0.39 is 11.0 Å². The number of aryl methyl sites for hydroxylation is 1. The topological polar surface area (TPSA) is 118 Å². The van der Waals surface area contributed by atoms with E-state index in [1.807, 2.05) is 31.2 Å². The average Bonchev–Trinajstić information content (AvgIpc) is 3.44. The molecule has 178 valence electrons. The Morgan fingerprint density at radius 1 is 1.03 bits per heavy atom. The summed E-state index contributed by atoms with van der Waals surface area (Å²) in [4.78, 5) is 42.8. The van der Waals surface area contributed by atoms with E-state index in [1.54, 1.807) is 29.8 Å². The molecule has 2 aromatic carbocycles. The minimum atomic E-state index is -1.18. The lowest BCUT2D eigenvalue weighted by molar-refractivity contribution is -0.119. The third-order valence-corrected chi connectivity index (χ3v) is 6.59. The van der Waals surface area contributed by atoms with Gasteiger partial charge in [-0.25, -0.2) is 23.9 Å². The van der Waals surface area contributed by atoms with Gasteiger partial charge in [0.15, 0.2) is 11.5 Å². The Kier molecular flexibility index (Phi) is 4.78. The van der Waals surface area contributed by atoms with Gasteiger partial charge in [-0.3, -0.25) is 9.59 Å². The van der Waals surface area contributed by atoms with Gasteiger partial charge in [0.25, 0.3) is 5.56 Å². The molecule has 36 heavy (non-hydrogen) atoms. The molecule has 4 heterocycles. The third kappa shape index (κ3) is 3.37. The summed E-state index contributed by atoms with van der Waals surface area (Å²) in [7, 11) is 0. The fraction of sp³-hybridized carbons (Fsp3) is 0.154. The molecule has 5 aromatic rings. The molecule has 6 rings (SSSR count). The van der Waals surface area contributed by atoms with Crippen LogP contribution in [0.5, 0.6) is 0 Å². The van der Waals surface area contributed by atoms with Gasteiger partial charge in [0.1, 0.15) is 29.1 Å². The highest BCUT2D eigenvalue weighted by molar-refractivity contribution is 6.07. The Balaban J connectivity index is 1.46. The van der Waals surface area contributed by atoms with Gasteiger partial charge in [0.2, 0.25) is 5.91 Å². The van der Waals surface area contributed by atoms with E-state index in [1.165, 1.54) is 18.5 Å². The van der Waals surface area contributed by atoms with Crippen LogP contribution in [-0.2, 0) is 16.6 Å². The SMILES string of the molecule is Cc1ccc([C@]2(C)C(=O)Nc3nc(-c4cn5ncnc5c(Cc5ccc(F)cc5)n4)[nH]c(=O)c32)cc1. The van der Waals surface area contributed by atoms with Crippen LogP contribution >= 0.6 is 0 Å². The normalized spacial score (nSPS) is 16.8. The summed E-state index contributed by atoms with van der Waals surface area (Å²) in [6, 6.07) is 13.6. The van der Waals surface area contributed by atoms with Crippen molar-refractivity contribution >= 4 is 17.4 Å². The van der Waals surface area contributed by atoms with E-state index in [-0.39, 0.29) is 28.9 Å². The number of hydrogen-bond acceptors (Lipinski definition) is 6. The summed E-state index contributed by atoms with van der Waals surface area (Å²) < 4.78 is 14.9. The number of benzene rings is 2. The maximum atomic E-state index is 13.4. The van der Waals surface area contributed by atoms with Gasteiger partial charge >= 0.3 is 0 Å². The van der Waals surface area contributed by atoms with E-state index >= 15 is 0 Å². The smallest absolute Gasteiger partial charge is 0.257 e. The first-order chi connectivity index (χ1) is 17.3. The third-order valence-electron chi connectivity index (χ3n) is 6.59. The lowest BCUT2D eigenvalue weighted by atomic mass is 9.78. The Hall–Kier alpha value is -4.73. The molecule has 0 spiro atoms. The second-order valence-corrected chi connectivity index (χ2v) is 8.99. The Morgan fingerprint density at radius 3 is 2.53 bits per heavy atom. The summed E-state index contributed by atoms with van der Waals surface area (Å²) in [5.41, 5.74) is 2.69. The van der Waals surface area contributed by atoms with E-state index in [0.717, 1.165) is 11.1 Å². The maximum Gasteiger partial charge on any atom is 0.257 e. The number of carbonyl (C=O) groups excluding carboxylic acids is 1. The molecule has 1 aliphatic rings. The number of amides is 1. The summed E-state index contributed by atoms with van der Waals surface area (Å²) in [6.07, 6.45) is 3.38. The molecule has 1 aliphatic heterocycles. The number of aromatic nitrogens is 6. The molecule has 3 aromatic heterocycles. The van der Waals surface area contributed by atoms with Crippen LogP contribution in [0.15, 0.2) is 65.8 Å². The van der Waals surface area contributed by atoms with Crippen LogP contribution in [0.3, 0.4) is 0 Å². The fourth-order valence-electron chi connectivity index (χ4n) is 4.58. The molecule has 0 bridgehead atoms. The first kappa shape index (κ1) is 21.8. The monoisotopic (exact) mass is 481 g/mol. The van der Waals surface area contributed by atoms with Crippen molar-refractivity contribution in [2.75, 3.05) is 5.32 Å². The number of carbonyl (C=O) groups is 1. The minimum absolute atomic E-state index is 0.185. The van der Waals surface area contributed by atoms with Crippen LogP contribution in [0.2, 0.25) is 0 Å². The number of anilines is 1. The molecule has 0 unspecified atom stereocenters. The molecule has 2 N–H and O–H groups in total. The zero-order valence-electron chi connectivity index (χ0n) is 19.4. The van der Waals surface area contributed by atoms with Crippen LogP contribution in [-0.4, -0.2) is 35.5 Å². The molecule has 0 saturated carbocycles. The van der Waals surface area contributed by atoms with Gasteiger partial charge in [-0.2, -0.15) is 5.10 Å². The molecule has 0 radical (unpaired) electrons. The zero-order valence-corrected chi connectivity index (χ0v) is 19.4. The van der Waals surface area contributed by atoms with Crippen LogP contribution in [0.25, 0.3) is 17.2 Å². The molecule has 10 heteroatoms. The Bertz CT molecular complexity index is 1710. The number of hydrogen-bond donors (Lipinski definition) is 2. The molecule has 1 amide bonds. The van der Waals surface area contributed by atoms with Gasteiger partial charge in [-0.15, -0.1) is 0 Å². The number of rotatable bonds is 4. The van der Waals surface area contributed by atoms with Crippen molar-refractivity contribution in [3.05, 3.63) is 105 Å². The van der Waals surface area contributed by atoms with Crippen LogP contribution in [0.1, 0.15) is 34.9 Å². The van der Waals surface area contributed by atoms with Gasteiger partial charge in [-0.1, -0.05) is 42.0 Å². The van der Waals surface area contributed by atoms with Crippen molar-refractivity contribution in [2.24, 2.45) is 0 Å². The first-order valence-electron chi connectivity index (χ1n) is 11.3. The van der Waals surface area contributed by atoms with Crippen molar-refractivity contribution in [1.29, 1.82) is 0 Å². The van der Waals surface area contributed by atoms with E-state index in [9.17, 15) is 14.0 Å². The van der Waals surface area contributed by atoms with Crippen LogP contribution in [0.4, 0.5) is 10.2 Å². The average molecular weight is 481 g/mol. The van der Waals surface area contributed by atoms with Crippen molar-refractivity contribution < 1.29 is 9.18 Å². The van der Waals surface area contributed by atoms with E-state index in [2.05, 4.69) is 30.4 Å². The first-order valence-corrected chi connectivity index (χ1v) is 11.3. The van der Waals surface area contributed by atoms with Crippen molar-refractivity contribution in [2.45, 2.75) is 25.7 Å². The second kappa shape index (κ2) is 7.91. The minimum Gasteiger partial charge on any atom is -0.309 e. The molecule has 1 atom stereocenters. The number of nitrogens with one attached hydrogen (secondary N) is 2. The summed E-state index contributed by atoms with van der Waals surface area (Å²) >= 11 is 0. The van der Waals surface area contributed by atoms with Crippen molar-refractivity contribution in [1.82, 2.24) is 29.5 Å². The quantitative estimate of drug-likeness (QED) is 0.407. The second-order valence-electron chi connectivity index (χ2n) is 8.99. The van der Waals surface area contributed by atoms with E-state index in [0.29, 0.717) is 29.0 Å². The molecular weight excluding hydrogens is 461 g/mol. The lowest BCUT2D eigenvalue weighted by Gasteiger charge is -2.21. The highest BCUT2D eigenvalue weighted by Gasteiger charge is 2.47. The Morgan fingerprint density at radius 2 is 1.78 bits per heavy atom. The zero-order chi connectivity index (χ0) is 25.0. The van der Waals surface area contributed by atoms with E-state index in [4.69, 9.17) is 0 Å². The fourth-order valence-corrected chi connectivity index (χ4v) is 4.58. The molecule has 0 saturated heterocycles. The van der Waals surface area contributed by atoms with Gasteiger partial charge in [0.05, 0.1) is 17.5 Å². The number of fused-ring (bicyclic) bond motifs is 2. The summed E-state index contributed by atoms with van der Waals surface area (Å²) in [5, 5.41) is 6.99. The largest absolute Gasteiger partial charge is 0.309 e. The molecular formula is C26H20FN7O2. The van der Waals surface area contributed by atoms with Crippen molar-refractivity contribution in [3.63, 3.8) is 0 Å². The predicted octanol–water partition coefficient (Wildman–Crippen LogP) is 3.17. The Labute approximate surface area is 204 Å². The van der Waals surface area contributed by atoms with Gasteiger partial charge in [0, 0.05) is 6.42 Å². The predicted molar refractivity (Wildman–Crippen MR) is 130 cm³/mol. The number of nitrogens with zero attached hydrogens (tertiary/aromatic N) is 5. The number of H-pyrrole nitrogens is 1. The van der Waals surface area contributed by atoms with Gasteiger partial charge < -0.3 is 10.3 Å². The van der Waals surface area contributed by atoms with Gasteiger partial charge in [-0.05, 0) is 37.1 Å². The van der Waals surface area contributed by atoms with Crippen molar-refractivity contribution in [3.8, 4) is 11.5 Å². The standard InChI is InChI=1S/C26H20FN7O2/c1-14-3-7-16(8-4-14)26(2)20-22(33-25(26)36)31-21(32-24(20)35)19-12-34-23(28-13-29-34)18(30-19)11-15-5-9-17(27)10-6-15/h3-10,12-13H,11H2,1-2H3,(H2,31,32,33,35,36)/t26-/m0/s1. The lowest BCUT2D eigenvalue weighted by Crippen LogP contribution is -2.36. The summed E-state index contributed by atoms with van der Waals surface area (Å²) in [6.45, 7) is 3.68. The number of aromatic amines is 1. The van der Waals surface area contributed by atoms with Crippen LogP contribution in [0, 0.1) is 12.7 Å². The molecule has 0 aliphatic carbocycles. The number of halogens is 1. The van der Waals surface area contributed by atoms with Crippen LogP contribution < -0.4 is 10.9 Å². The summed E-state index contributed by atoms with van der Waals surface area (Å²) in [5.74, 6) is -0.270. The highest BCUT2D eigenvalue weighted by atomic mass is 19.1. The molecule has 0 fully saturated rings. The maximum absolute atomic E-state index is 13.4.